The van der Waals surface area contributed by atoms with E-state index in [1.165, 1.54) is 7.11 Å². The van der Waals surface area contributed by atoms with Crippen molar-refractivity contribution in [2.24, 2.45) is 5.92 Å². The smallest absolute Gasteiger partial charge is 0.255 e. The van der Waals surface area contributed by atoms with Crippen molar-refractivity contribution in [3.63, 3.8) is 0 Å². The monoisotopic (exact) mass is 345 g/mol. The van der Waals surface area contributed by atoms with Crippen LogP contribution < -0.4 is 10.1 Å². The summed E-state index contributed by atoms with van der Waals surface area (Å²) in [6.45, 7) is 2.54. The molecule has 6 nitrogen and oxygen atoms in total. The molecule has 0 bridgehead atoms. The van der Waals surface area contributed by atoms with Crippen molar-refractivity contribution in [1.82, 2.24) is 10.4 Å². The first-order valence-electron chi connectivity index (χ1n) is 8.20. The van der Waals surface area contributed by atoms with E-state index in [1.807, 2.05) is 19.1 Å². The Morgan fingerprint density at radius 1 is 1.48 bits per heavy atom. The van der Waals surface area contributed by atoms with Crippen molar-refractivity contribution in [2.45, 2.75) is 32.1 Å². The lowest BCUT2D eigenvalue weighted by Crippen LogP contribution is -2.36. The number of amides is 1. The van der Waals surface area contributed by atoms with Crippen LogP contribution in [0.2, 0.25) is 0 Å². The van der Waals surface area contributed by atoms with E-state index in [-0.39, 0.29) is 18.6 Å². The van der Waals surface area contributed by atoms with Crippen LogP contribution >= 0.6 is 0 Å². The Bertz CT molecular complexity index is 744. The van der Waals surface area contributed by atoms with Gasteiger partial charge in [0, 0.05) is 12.1 Å². The van der Waals surface area contributed by atoms with Gasteiger partial charge in [0.05, 0.1) is 31.9 Å². The van der Waals surface area contributed by atoms with E-state index in [0.29, 0.717) is 24.3 Å². The third kappa shape index (κ3) is 3.30. The molecule has 2 aliphatic rings. The predicted molar refractivity (Wildman–Crippen MR) is 88.8 cm³/mol. The van der Waals surface area contributed by atoms with E-state index in [4.69, 9.17) is 14.8 Å². The van der Waals surface area contributed by atoms with E-state index in [2.05, 4.69) is 11.4 Å². The Balaban J connectivity index is 1.66. The molecule has 0 aromatic heterocycles. The maximum Gasteiger partial charge on any atom is 0.255 e. The van der Waals surface area contributed by atoms with Crippen LogP contribution in [0, 0.1) is 17.2 Å². The summed E-state index contributed by atoms with van der Waals surface area (Å²) in [5, 5.41) is 13.4. The van der Waals surface area contributed by atoms with Crippen molar-refractivity contribution < 1.29 is 18.8 Å². The molecule has 1 fully saturated rings. The minimum atomic E-state index is -1.47. The molecule has 0 saturated carbocycles. The average Bonchev–Trinajstić information content (AvgIpc) is 2.91. The van der Waals surface area contributed by atoms with Gasteiger partial charge in [0.1, 0.15) is 11.8 Å². The summed E-state index contributed by atoms with van der Waals surface area (Å²) < 4.78 is 19.0. The summed E-state index contributed by atoms with van der Waals surface area (Å²) in [6.07, 6.45) is 2.72. The van der Waals surface area contributed by atoms with Crippen LogP contribution in [0.5, 0.6) is 5.75 Å². The second-order valence-corrected chi connectivity index (χ2v) is 6.14. The molecule has 3 rings (SSSR count). The number of carbonyl (C=O) groups excluding carboxylic acids is 1. The van der Waals surface area contributed by atoms with E-state index >= 15 is 0 Å². The summed E-state index contributed by atoms with van der Waals surface area (Å²) in [4.78, 5) is 17.2. The Hall–Kier alpha value is -2.59. The average molecular weight is 345 g/mol. The van der Waals surface area contributed by atoms with Gasteiger partial charge in [0.15, 0.2) is 6.17 Å². The Kier molecular flexibility index (Phi) is 4.91. The van der Waals surface area contributed by atoms with Crippen molar-refractivity contribution in [3.8, 4) is 11.8 Å². The molecule has 2 aliphatic heterocycles. The molecule has 1 saturated heterocycles. The number of carbonyl (C=O) groups is 1. The van der Waals surface area contributed by atoms with Gasteiger partial charge < -0.3 is 10.1 Å². The number of nitrogens with zero attached hydrogens (tertiary/aromatic N) is 2. The molecule has 1 amide bonds. The summed E-state index contributed by atoms with van der Waals surface area (Å²) >= 11 is 0. The maximum absolute atomic E-state index is 13.8. The van der Waals surface area contributed by atoms with Gasteiger partial charge in [0.25, 0.3) is 5.91 Å². The fraction of sp³-hybridized carbons (Fsp3) is 0.444. The quantitative estimate of drug-likeness (QED) is 0.885. The number of ether oxygens (including phenoxy) is 1. The summed E-state index contributed by atoms with van der Waals surface area (Å²) in [5.41, 5.74) is 2.37. The van der Waals surface area contributed by atoms with Gasteiger partial charge in [-0.25, -0.2) is 4.39 Å². The topological polar surface area (TPSA) is 74.6 Å². The SMILES string of the molecule is CC[C@@H]1[C@H](F)C(=O)N[C@@H]1CON1C=Cc2cc(C#N)c(OC)cc2C1. The van der Waals surface area contributed by atoms with Gasteiger partial charge in [-0.1, -0.05) is 6.92 Å². The number of halogens is 1. The zero-order valence-electron chi connectivity index (χ0n) is 14.2. The third-order valence-corrected chi connectivity index (χ3v) is 4.69. The Morgan fingerprint density at radius 3 is 2.96 bits per heavy atom. The molecule has 7 heteroatoms. The van der Waals surface area contributed by atoms with Gasteiger partial charge in [-0.2, -0.15) is 5.26 Å². The molecule has 1 aromatic carbocycles. The second kappa shape index (κ2) is 7.11. The highest BCUT2D eigenvalue weighted by molar-refractivity contribution is 5.83. The molecular weight excluding hydrogens is 325 g/mol. The minimum absolute atomic E-state index is 0.206. The Labute approximate surface area is 145 Å². The normalized spacial score (nSPS) is 24.6. The summed E-state index contributed by atoms with van der Waals surface area (Å²) in [6, 6.07) is 5.37. The highest BCUT2D eigenvalue weighted by Gasteiger charge is 2.41. The number of hydrogen-bond acceptors (Lipinski definition) is 5. The number of rotatable bonds is 5. The van der Waals surface area contributed by atoms with Gasteiger partial charge in [-0.15, -0.1) is 0 Å². The fourth-order valence-corrected chi connectivity index (χ4v) is 3.26. The van der Waals surface area contributed by atoms with E-state index in [0.717, 1.165) is 11.1 Å². The van der Waals surface area contributed by atoms with Crippen LogP contribution in [0.25, 0.3) is 6.08 Å². The molecular formula is C18H20FN3O3. The molecule has 25 heavy (non-hydrogen) atoms. The van der Waals surface area contributed by atoms with Crippen LogP contribution in [0.15, 0.2) is 18.3 Å². The lowest BCUT2D eigenvalue weighted by atomic mass is 9.97. The molecule has 0 radical (unpaired) electrons. The lowest BCUT2D eigenvalue weighted by Gasteiger charge is -2.27. The zero-order valence-corrected chi connectivity index (χ0v) is 14.2. The largest absolute Gasteiger partial charge is 0.495 e. The predicted octanol–water partition coefficient (Wildman–Crippen LogP) is 2.15. The van der Waals surface area contributed by atoms with E-state index < -0.39 is 12.1 Å². The molecule has 3 atom stereocenters. The van der Waals surface area contributed by atoms with Crippen LogP contribution in [-0.2, 0) is 16.2 Å². The van der Waals surface area contributed by atoms with Gasteiger partial charge >= 0.3 is 0 Å². The summed E-state index contributed by atoms with van der Waals surface area (Å²) in [7, 11) is 1.52. The molecule has 0 aliphatic carbocycles. The number of methoxy groups -OCH3 is 1. The van der Waals surface area contributed by atoms with Crippen LogP contribution in [0.4, 0.5) is 4.39 Å². The number of benzene rings is 1. The highest BCUT2D eigenvalue weighted by atomic mass is 19.1. The first-order valence-corrected chi connectivity index (χ1v) is 8.20. The Morgan fingerprint density at radius 2 is 2.28 bits per heavy atom. The zero-order chi connectivity index (χ0) is 18.0. The minimum Gasteiger partial charge on any atom is -0.495 e. The van der Waals surface area contributed by atoms with Gasteiger partial charge in [0.2, 0.25) is 0 Å². The maximum atomic E-state index is 13.8. The second-order valence-electron chi connectivity index (χ2n) is 6.14. The molecule has 2 heterocycles. The van der Waals surface area contributed by atoms with Crippen molar-refractivity contribution in [2.75, 3.05) is 13.7 Å². The van der Waals surface area contributed by atoms with Crippen LogP contribution in [-0.4, -0.2) is 36.9 Å². The lowest BCUT2D eigenvalue weighted by molar-refractivity contribution is -0.137. The van der Waals surface area contributed by atoms with Crippen LogP contribution in [0.1, 0.15) is 30.0 Å². The van der Waals surface area contributed by atoms with Gasteiger partial charge in [-0.05, 0) is 35.8 Å². The van der Waals surface area contributed by atoms with E-state index in [1.54, 1.807) is 17.3 Å². The molecule has 0 spiro atoms. The number of nitriles is 1. The van der Waals surface area contributed by atoms with Crippen LogP contribution in [0.3, 0.4) is 0 Å². The number of hydroxylamine groups is 2. The van der Waals surface area contributed by atoms with E-state index in [9.17, 15) is 9.18 Å². The van der Waals surface area contributed by atoms with Crippen molar-refractivity contribution >= 4 is 12.0 Å². The molecule has 1 N–H and O–H groups in total. The molecule has 132 valence electrons. The third-order valence-electron chi connectivity index (χ3n) is 4.69. The fourth-order valence-electron chi connectivity index (χ4n) is 3.26. The molecule has 1 aromatic rings. The summed E-state index contributed by atoms with van der Waals surface area (Å²) in [5.74, 6) is -0.411. The highest BCUT2D eigenvalue weighted by Crippen LogP contribution is 2.29. The number of fused-ring (bicyclic) bond motifs is 1. The standard InChI is InChI=1S/C18H20FN3O3/c1-3-14-15(21-18(23)17(14)19)10-25-22-5-4-11-6-12(8-20)16(24-2)7-13(11)9-22/h4-7,14-15,17H,3,9-10H2,1-2H3,(H,21,23)/t14-,15+,17-/m0/s1. The number of nitrogens with one attached hydrogen (secondary N) is 1. The number of hydrogen-bond donors (Lipinski definition) is 1. The first kappa shape index (κ1) is 17.2. The first-order chi connectivity index (χ1) is 12.1. The van der Waals surface area contributed by atoms with Crippen molar-refractivity contribution in [3.05, 3.63) is 35.0 Å². The molecule has 0 unspecified atom stereocenters. The van der Waals surface area contributed by atoms with Gasteiger partial charge in [-0.3, -0.25) is 14.7 Å². The number of alkyl halides is 1. The van der Waals surface area contributed by atoms with Crippen molar-refractivity contribution in [1.29, 1.82) is 5.26 Å².